The zero-order chi connectivity index (χ0) is 18.7. The number of halogens is 1. The lowest BCUT2D eigenvalue weighted by molar-refractivity contribution is -0.129. The van der Waals surface area contributed by atoms with Crippen LogP contribution >= 0.6 is 11.6 Å². The van der Waals surface area contributed by atoms with Gasteiger partial charge >= 0.3 is 0 Å². The van der Waals surface area contributed by atoms with E-state index in [-0.39, 0.29) is 30.1 Å². The zero-order valence-corrected chi connectivity index (χ0v) is 15.5. The zero-order valence-electron chi connectivity index (χ0n) is 14.7. The standard InChI is InChI=1S/C17H21ClN6O2/c1-22(2)16(25)11-23-10-14(20-21-23)17(26)24-8-7-19-9-15(24)12-5-3-4-6-13(12)18/h3-6,10,15,19H,7-9,11H2,1-2H3. The summed E-state index contributed by atoms with van der Waals surface area (Å²) in [6.45, 7) is 1.89. The van der Waals surface area contributed by atoms with E-state index in [1.807, 2.05) is 24.3 Å². The van der Waals surface area contributed by atoms with Gasteiger partial charge in [-0.2, -0.15) is 0 Å². The quantitative estimate of drug-likeness (QED) is 0.853. The Hall–Kier alpha value is -2.45. The van der Waals surface area contributed by atoms with Crippen molar-refractivity contribution in [3.8, 4) is 0 Å². The number of amides is 2. The monoisotopic (exact) mass is 376 g/mol. The maximum Gasteiger partial charge on any atom is 0.276 e. The molecule has 2 amide bonds. The molecule has 2 heterocycles. The average molecular weight is 377 g/mol. The van der Waals surface area contributed by atoms with Gasteiger partial charge in [0.15, 0.2) is 5.69 Å². The van der Waals surface area contributed by atoms with Gasteiger partial charge in [0.2, 0.25) is 5.91 Å². The molecule has 1 saturated heterocycles. The summed E-state index contributed by atoms with van der Waals surface area (Å²) < 4.78 is 1.38. The Morgan fingerprint density at radius 3 is 2.85 bits per heavy atom. The van der Waals surface area contributed by atoms with Crippen LogP contribution in [0.3, 0.4) is 0 Å². The molecule has 1 fully saturated rings. The Bertz CT molecular complexity index is 806. The van der Waals surface area contributed by atoms with Crippen LogP contribution in [0.2, 0.25) is 5.02 Å². The number of rotatable bonds is 4. The van der Waals surface area contributed by atoms with Crippen LogP contribution in [0.4, 0.5) is 0 Å². The van der Waals surface area contributed by atoms with E-state index in [0.29, 0.717) is 24.7 Å². The second-order valence-electron chi connectivity index (χ2n) is 6.33. The maximum absolute atomic E-state index is 13.0. The average Bonchev–Trinajstić information content (AvgIpc) is 3.10. The summed E-state index contributed by atoms with van der Waals surface area (Å²) in [5.41, 5.74) is 1.11. The van der Waals surface area contributed by atoms with Crippen LogP contribution in [0, 0.1) is 0 Å². The Kier molecular flexibility index (Phi) is 5.53. The second kappa shape index (κ2) is 7.84. The molecule has 0 spiro atoms. The number of hydrogen-bond donors (Lipinski definition) is 1. The maximum atomic E-state index is 13.0. The third-order valence-electron chi connectivity index (χ3n) is 4.32. The van der Waals surface area contributed by atoms with Crippen LogP contribution in [-0.4, -0.2) is 70.3 Å². The summed E-state index contributed by atoms with van der Waals surface area (Å²) in [5.74, 6) is -0.343. The van der Waals surface area contributed by atoms with Crippen LogP contribution in [0.15, 0.2) is 30.5 Å². The van der Waals surface area contributed by atoms with Crippen molar-refractivity contribution >= 4 is 23.4 Å². The minimum absolute atomic E-state index is 0.0444. The molecule has 0 saturated carbocycles. The summed E-state index contributed by atoms with van der Waals surface area (Å²) in [5, 5.41) is 11.8. The molecule has 1 unspecified atom stereocenters. The van der Waals surface area contributed by atoms with E-state index >= 15 is 0 Å². The van der Waals surface area contributed by atoms with Gasteiger partial charge in [-0.1, -0.05) is 35.0 Å². The van der Waals surface area contributed by atoms with Crippen LogP contribution in [0.25, 0.3) is 0 Å². The van der Waals surface area contributed by atoms with Crippen LogP contribution in [-0.2, 0) is 11.3 Å². The largest absolute Gasteiger partial charge is 0.347 e. The molecule has 1 N–H and O–H groups in total. The molecule has 9 heteroatoms. The Balaban J connectivity index is 1.80. The predicted molar refractivity (Wildman–Crippen MR) is 96.8 cm³/mol. The van der Waals surface area contributed by atoms with Gasteiger partial charge in [0, 0.05) is 38.8 Å². The highest BCUT2D eigenvalue weighted by molar-refractivity contribution is 6.31. The highest BCUT2D eigenvalue weighted by Crippen LogP contribution is 2.29. The number of carbonyl (C=O) groups is 2. The number of aromatic nitrogens is 3. The van der Waals surface area contributed by atoms with Crippen molar-refractivity contribution in [3.05, 3.63) is 46.7 Å². The Labute approximate surface area is 156 Å². The number of likely N-dealkylation sites (N-methyl/N-ethyl adjacent to an activating group) is 1. The summed E-state index contributed by atoms with van der Waals surface area (Å²) in [7, 11) is 3.33. The van der Waals surface area contributed by atoms with E-state index < -0.39 is 0 Å². The molecular formula is C17H21ClN6O2. The van der Waals surface area contributed by atoms with E-state index in [1.54, 1.807) is 19.0 Å². The molecule has 0 radical (unpaired) electrons. The lowest BCUT2D eigenvalue weighted by Crippen LogP contribution is -2.48. The molecule has 3 rings (SSSR count). The van der Waals surface area contributed by atoms with Crippen LogP contribution < -0.4 is 5.32 Å². The smallest absolute Gasteiger partial charge is 0.276 e. The minimum atomic E-state index is -0.222. The van der Waals surface area contributed by atoms with Gasteiger partial charge in [-0.15, -0.1) is 5.10 Å². The molecule has 1 atom stereocenters. The topological polar surface area (TPSA) is 83.4 Å². The van der Waals surface area contributed by atoms with Gasteiger partial charge in [0.25, 0.3) is 5.91 Å². The van der Waals surface area contributed by atoms with Gasteiger partial charge in [0.1, 0.15) is 6.54 Å². The van der Waals surface area contributed by atoms with E-state index in [9.17, 15) is 9.59 Å². The fourth-order valence-corrected chi connectivity index (χ4v) is 3.13. The lowest BCUT2D eigenvalue weighted by Gasteiger charge is -2.36. The number of benzene rings is 1. The van der Waals surface area contributed by atoms with Crippen molar-refractivity contribution in [2.24, 2.45) is 0 Å². The van der Waals surface area contributed by atoms with Crippen molar-refractivity contribution in [2.45, 2.75) is 12.6 Å². The third kappa shape index (κ3) is 3.86. The highest BCUT2D eigenvalue weighted by atomic mass is 35.5. The number of nitrogens with zero attached hydrogens (tertiary/aromatic N) is 5. The molecule has 0 aliphatic carbocycles. The van der Waals surface area contributed by atoms with Gasteiger partial charge in [-0.25, -0.2) is 4.68 Å². The lowest BCUT2D eigenvalue weighted by atomic mass is 10.0. The first-order valence-corrected chi connectivity index (χ1v) is 8.71. The van der Waals surface area contributed by atoms with Crippen LogP contribution in [0.1, 0.15) is 22.1 Å². The van der Waals surface area contributed by atoms with Crippen LogP contribution in [0.5, 0.6) is 0 Å². The van der Waals surface area contributed by atoms with Crippen molar-refractivity contribution < 1.29 is 9.59 Å². The third-order valence-corrected chi connectivity index (χ3v) is 4.67. The van der Waals surface area contributed by atoms with Crippen molar-refractivity contribution in [1.82, 2.24) is 30.1 Å². The SMILES string of the molecule is CN(C)C(=O)Cn1cc(C(=O)N2CCNCC2c2ccccc2Cl)nn1. The normalized spacial score (nSPS) is 17.2. The van der Waals surface area contributed by atoms with Crippen molar-refractivity contribution in [3.63, 3.8) is 0 Å². The van der Waals surface area contributed by atoms with Crippen molar-refractivity contribution in [1.29, 1.82) is 0 Å². The number of carbonyl (C=O) groups excluding carboxylic acids is 2. The fourth-order valence-electron chi connectivity index (χ4n) is 2.87. The van der Waals surface area contributed by atoms with E-state index in [4.69, 9.17) is 11.6 Å². The predicted octanol–water partition coefficient (Wildman–Crippen LogP) is 0.806. The first-order chi connectivity index (χ1) is 12.5. The summed E-state index contributed by atoms with van der Waals surface area (Å²) in [6, 6.07) is 7.33. The van der Waals surface area contributed by atoms with E-state index in [1.165, 1.54) is 15.8 Å². The molecule has 2 aromatic rings. The van der Waals surface area contributed by atoms with Gasteiger partial charge in [0.05, 0.1) is 12.2 Å². The molecule has 1 aliphatic heterocycles. The number of hydrogen-bond acceptors (Lipinski definition) is 5. The first kappa shape index (κ1) is 18.3. The molecule has 1 aromatic carbocycles. The summed E-state index contributed by atoms with van der Waals surface area (Å²) >= 11 is 6.32. The van der Waals surface area contributed by atoms with Gasteiger partial charge < -0.3 is 15.1 Å². The molecule has 8 nitrogen and oxygen atoms in total. The fraction of sp³-hybridized carbons (Fsp3) is 0.412. The minimum Gasteiger partial charge on any atom is -0.347 e. The molecule has 26 heavy (non-hydrogen) atoms. The Morgan fingerprint density at radius 2 is 2.12 bits per heavy atom. The van der Waals surface area contributed by atoms with Crippen molar-refractivity contribution in [2.75, 3.05) is 33.7 Å². The first-order valence-electron chi connectivity index (χ1n) is 8.33. The number of piperazine rings is 1. The van der Waals surface area contributed by atoms with E-state index in [0.717, 1.165) is 5.56 Å². The Morgan fingerprint density at radius 1 is 1.35 bits per heavy atom. The summed E-state index contributed by atoms with van der Waals surface area (Å²) in [4.78, 5) is 28.0. The molecule has 1 aromatic heterocycles. The summed E-state index contributed by atoms with van der Waals surface area (Å²) in [6.07, 6.45) is 1.51. The molecule has 1 aliphatic rings. The molecular weight excluding hydrogens is 356 g/mol. The van der Waals surface area contributed by atoms with E-state index in [2.05, 4.69) is 15.6 Å². The molecule has 0 bridgehead atoms. The van der Waals surface area contributed by atoms with Gasteiger partial charge in [-0.05, 0) is 11.6 Å². The van der Waals surface area contributed by atoms with Gasteiger partial charge in [-0.3, -0.25) is 9.59 Å². The molecule has 138 valence electrons. The highest BCUT2D eigenvalue weighted by Gasteiger charge is 2.31. The number of nitrogens with one attached hydrogen (secondary N) is 1. The second-order valence-corrected chi connectivity index (χ2v) is 6.74.